The van der Waals surface area contributed by atoms with Crippen molar-refractivity contribution in [3.63, 3.8) is 0 Å². The van der Waals surface area contributed by atoms with E-state index in [1.54, 1.807) is 12.1 Å². The molecule has 0 N–H and O–H groups in total. The topological polar surface area (TPSA) is 0 Å². The molecule has 0 aliphatic heterocycles. The van der Waals surface area contributed by atoms with Crippen LogP contribution in [-0.4, -0.2) is 0 Å². The Kier molecular flexibility index (Phi) is 7.73. The minimum absolute atomic E-state index is 0.297. The van der Waals surface area contributed by atoms with Gasteiger partial charge in [0, 0.05) is 11.1 Å². The average molecular weight is 469 g/mol. The van der Waals surface area contributed by atoms with Crippen molar-refractivity contribution in [2.24, 2.45) is 0 Å². The fourth-order valence-corrected chi connectivity index (χ4v) is 4.04. The van der Waals surface area contributed by atoms with Crippen molar-refractivity contribution < 1.29 is 13.2 Å². The SMILES string of the molecule is CCCCc1ccc(C#Cc2ccc(-c3ccc(-c4cc(F)c(F)c(F)c4)cc3)cc2CC)cc1. The van der Waals surface area contributed by atoms with Gasteiger partial charge in [0.05, 0.1) is 0 Å². The van der Waals surface area contributed by atoms with Crippen molar-refractivity contribution in [1.82, 2.24) is 0 Å². The van der Waals surface area contributed by atoms with Gasteiger partial charge in [-0.3, -0.25) is 0 Å². The molecule has 176 valence electrons. The third-order valence-corrected chi connectivity index (χ3v) is 6.14. The van der Waals surface area contributed by atoms with Crippen LogP contribution in [0.2, 0.25) is 0 Å². The van der Waals surface area contributed by atoms with Crippen LogP contribution in [0, 0.1) is 29.3 Å². The molecule has 3 heteroatoms. The summed E-state index contributed by atoms with van der Waals surface area (Å²) in [7, 11) is 0. The minimum Gasteiger partial charge on any atom is -0.204 e. The van der Waals surface area contributed by atoms with Gasteiger partial charge in [-0.15, -0.1) is 0 Å². The first-order valence-electron chi connectivity index (χ1n) is 12.0. The Balaban J connectivity index is 1.54. The summed E-state index contributed by atoms with van der Waals surface area (Å²) in [6.07, 6.45) is 4.34. The number of hydrogen-bond donors (Lipinski definition) is 0. The Morgan fingerprint density at radius 3 is 1.83 bits per heavy atom. The predicted octanol–water partition coefficient (Wildman–Crippen LogP) is 8.74. The maximum Gasteiger partial charge on any atom is 0.194 e. The second-order valence-electron chi connectivity index (χ2n) is 8.61. The second kappa shape index (κ2) is 11.1. The lowest BCUT2D eigenvalue weighted by Crippen LogP contribution is -1.92. The van der Waals surface area contributed by atoms with E-state index in [1.807, 2.05) is 24.3 Å². The van der Waals surface area contributed by atoms with Crippen molar-refractivity contribution in [1.29, 1.82) is 0 Å². The average Bonchev–Trinajstić information content (AvgIpc) is 2.89. The summed E-state index contributed by atoms with van der Waals surface area (Å²) in [4.78, 5) is 0. The van der Waals surface area contributed by atoms with E-state index in [1.165, 1.54) is 18.4 Å². The van der Waals surface area contributed by atoms with Crippen LogP contribution in [0.3, 0.4) is 0 Å². The van der Waals surface area contributed by atoms with Gasteiger partial charge in [-0.2, -0.15) is 0 Å². The van der Waals surface area contributed by atoms with Crippen LogP contribution in [0.4, 0.5) is 13.2 Å². The molecule has 0 unspecified atom stereocenters. The smallest absolute Gasteiger partial charge is 0.194 e. The molecular weight excluding hydrogens is 441 g/mol. The molecular formula is C32H27F3. The fraction of sp³-hybridized carbons (Fsp3) is 0.188. The lowest BCUT2D eigenvalue weighted by molar-refractivity contribution is 0.448. The van der Waals surface area contributed by atoms with Crippen molar-refractivity contribution in [3.05, 3.63) is 119 Å². The van der Waals surface area contributed by atoms with Gasteiger partial charge in [0.15, 0.2) is 17.5 Å². The van der Waals surface area contributed by atoms with Gasteiger partial charge < -0.3 is 0 Å². The Morgan fingerprint density at radius 1 is 0.629 bits per heavy atom. The Hall–Kier alpha value is -3.77. The fourth-order valence-electron chi connectivity index (χ4n) is 4.04. The third kappa shape index (κ3) is 5.84. The number of aryl methyl sites for hydroxylation is 2. The summed E-state index contributed by atoms with van der Waals surface area (Å²) in [6, 6.07) is 24.0. The molecule has 0 aliphatic rings. The molecule has 0 nitrogen and oxygen atoms in total. The van der Waals surface area contributed by atoms with Crippen LogP contribution < -0.4 is 0 Å². The Bertz CT molecular complexity index is 1350. The minimum atomic E-state index is -1.45. The normalized spacial score (nSPS) is 10.7. The van der Waals surface area contributed by atoms with Crippen LogP contribution in [0.15, 0.2) is 78.9 Å². The molecule has 0 saturated heterocycles. The number of hydrogen-bond acceptors (Lipinski definition) is 0. The van der Waals surface area contributed by atoms with Crippen molar-refractivity contribution >= 4 is 0 Å². The van der Waals surface area contributed by atoms with E-state index < -0.39 is 17.5 Å². The summed E-state index contributed by atoms with van der Waals surface area (Å²) < 4.78 is 40.5. The molecule has 0 radical (unpaired) electrons. The highest BCUT2D eigenvalue weighted by molar-refractivity contribution is 5.71. The van der Waals surface area contributed by atoms with Gasteiger partial charge >= 0.3 is 0 Å². The zero-order valence-corrected chi connectivity index (χ0v) is 20.0. The molecule has 0 heterocycles. The molecule has 0 aromatic heterocycles. The van der Waals surface area contributed by atoms with E-state index in [9.17, 15) is 13.2 Å². The molecule has 35 heavy (non-hydrogen) atoms. The molecule has 0 bridgehead atoms. The first-order valence-corrected chi connectivity index (χ1v) is 12.0. The van der Waals surface area contributed by atoms with Gasteiger partial charge in [0.1, 0.15) is 0 Å². The first kappa shape index (κ1) is 24.4. The monoisotopic (exact) mass is 468 g/mol. The molecule has 0 saturated carbocycles. The lowest BCUT2D eigenvalue weighted by Gasteiger charge is -2.09. The molecule has 0 spiro atoms. The van der Waals surface area contributed by atoms with Gasteiger partial charge in [-0.05, 0) is 89.0 Å². The largest absolute Gasteiger partial charge is 0.204 e. The van der Waals surface area contributed by atoms with Crippen LogP contribution in [0.25, 0.3) is 22.3 Å². The quantitative estimate of drug-likeness (QED) is 0.196. The van der Waals surface area contributed by atoms with E-state index in [0.717, 1.165) is 52.8 Å². The highest BCUT2D eigenvalue weighted by Crippen LogP contribution is 2.28. The summed E-state index contributed by atoms with van der Waals surface area (Å²) in [6.45, 7) is 4.30. The Morgan fingerprint density at radius 2 is 1.23 bits per heavy atom. The lowest BCUT2D eigenvalue weighted by atomic mass is 9.96. The molecule has 4 aromatic carbocycles. The number of halogens is 3. The maximum absolute atomic E-state index is 13.6. The molecule has 0 fully saturated rings. The van der Waals surface area contributed by atoms with Crippen LogP contribution in [-0.2, 0) is 12.8 Å². The number of rotatable bonds is 6. The summed E-state index contributed by atoms with van der Waals surface area (Å²) in [5.74, 6) is 2.75. The first-order chi connectivity index (χ1) is 17.0. The molecule has 0 amide bonds. The van der Waals surface area contributed by atoms with Crippen LogP contribution in [0.1, 0.15) is 48.9 Å². The van der Waals surface area contributed by atoms with Gasteiger partial charge in [0.25, 0.3) is 0 Å². The van der Waals surface area contributed by atoms with Gasteiger partial charge in [0.2, 0.25) is 0 Å². The molecule has 4 rings (SSSR count). The van der Waals surface area contributed by atoms with E-state index in [4.69, 9.17) is 0 Å². The summed E-state index contributed by atoms with van der Waals surface area (Å²) in [5.41, 5.74) is 7.43. The molecule has 0 aliphatic carbocycles. The van der Waals surface area contributed by atoms with E-state index in [2.05, 4.69) is 56.0 Å². The van der Waals surface area contributed by atoms with Gasteiger partial charge in [-0.1, -0.05) is 74.6 Å². The molecule has 0 atom stereocenters. The predicted molar refractivity (Wildman–Crippen MR) is 138 cm³/mol. The number of unbranched alkanes of at least 4 members (excludes halogenated alkanes) is 1. The van der Waals surface area contributed by atoms with E-state index in [-0.39, 0.29) is 0 Å². The van der Waals surface area contributed by atoms with Crippen molar-refractivity contribution in [2.45, 2.75) is 39.5 Å². The van der Waals surface area contributed by atoms with Crippen molar-refractivity contribution in [3.8, 4) is 34.1 Å². The number of benzene rings is 4. The zero-order valence-electron chi connectivity index (χ0n) is 20.0. The second-order valence-corrected chi connectivity index (χ2v) is 8.61. The highest BCUT2D eigenvalue weighted by Gasteiger charge is 2.12. The van der Waals surface area contributed by atoms with E-state index >= 15 is 0 Å². The molecule has 4 aromatic rings. The maximum atomic E-state index is 13.6. The summed E-state index contributed by atoms with van der Waals surface area (Å²) in [5, 5.41) is 0. The van der Waals surface area contributed by atoms with Gasteiger partial charge in [-0.25, -0.2) is 13.2 Å². The van der Waals surface area contributed by atoms with E-state index in [0.29, 0.717) is 11.1 Å². The van der Waals surface area contributed by atoms with Crippen LogP contribution >= 0.6 is 0 Å². The third-order valence-electron chi connectivity index (χ3n) is 6.14. The summed E-state index contributed by atoms with van der Waals surface area (Å²) >= 11 is 0. The zero-order chi connectivity index (χ0) is 24.8. The Labute approximate surface area is 205 Å². The highest BCUT2D eigenvalue weighted by atomic mass is 19.2. The van der Waals surface area contributed by atoms with Crippen molar-refractivity contribution in [2.75, 3.05) is 0 Å². The van der Waals surface area contributed by atoms with Crippen LogP contribution in [0.5, 0.6) is 0 Å². The standard InChI is InChI=1S/C32H27F3/c1-3-5-6-22-7-9-23(10-8-22)11-12-25-17-18-28(19-24(25)4-2)26-13-15-27(16-14-26)29-20-30(33)32(35)31(34)21-29/h7-10,13-21H,3-6H2,1-2H3.